The largest absolute Gasteiger partial charge is 0.461 e. The van der Waals surface area contributed by atoms with Crippen LogP contribution in [-0.4, -0.2) is 40.4 Å². The molecule has 0 unspecified atom stereocenters. The van der Waals surface area contributed by atoms with Crippen LogP contribution in [0.25, 0.3) is 0 Å². The van der Waals surface area contributed by atoms with Gasteiger partial charge in [0.2, 0.25) is 11.3 Å². The Hall–Kier alpha value is -4.50. The molecule has 8 nitrogen and oxygen atoms in total. The normalized spacial score (nSPS) is 12.4. The third kappa shape index (κ3) is 7.48. The van der Waals surface area contributed by atoms with Crippen LogP contribution in [0.5, 0.6) is 0 Å². The van der Waals surface area contributed by atoms with Crippen LogP contribution in [0.2, 0.25) is 0 Å². The van der Waals surface area contributed by atoms with Crippen LogP contribution in [0.15, 0.2) is 102 Å². The number of nitrogens with zero attached hydrogens (tertiary/aromatic N) is 2. The van der Waals surface area contributed by atoms with Crippen molar-refractivity contribution in [3.05, 3.63) is 119 Å². The summed E-state index contributed by atoms with van der Waals surface area (Å²) in [5.74, 6) is -1.34. The minimum Gasteiger partial charge on any atom is -0.461 e. The number of hydrogen-bond donors (Lipinski definition) is 1. The first-order valence-electron chi connectivity index (χ1n) is 14.0. The molecule has 0 saturated carbocycles. The van der Waals surface area contributed by atoms with E-state index < -0.39 is 28.7 Å². The van der Waals surface area contributed by atoms with Gasteiger partial charge in [-0.15, -0.1) is 11.3 Å². The molecule has 4 rings (SSSR count). The third-order valence-electron chi connectivity index (χ3n) is 6.39. The maximum atomic E-state index is 13.0. The second-order valence-corrected chi connectivity index (χ2v) is 12.1. The van der Waals surface area contributed by atoms with E-state index in [4.69, 9.17) is 19.3 Å². The number of rotatable bonds is 11. The van der Waals surface area contributed by atoms with Crippen LogP contribution < -0.4 is 5.32 Å². The van der Waals surface area contributed by atoms with Gasteiger partial charge in [0.1, 0.15) is 16.8 Å². The van der Waals surface area contributed by atoms with Crippen LogP contribution >= 0.6 is 11.3 Å². The number of carbonyl (C=O) groups excluding carboxylic acids is 2. The highest BCUT2D eigenvalue weighted by molar-refractivity contribution is 7.14. The molecule has 9 heteroatoms. The van der Waals surface area contributed by atoms with Crippen molar-refractivity contribution >= 4 is 34.1 Å². The van der Waals surface area contributed by atoms with Crippen molar-refractivity contribution in [1.29, 1.82) is 0 Å². The minimum absolute atomic E-state index is 0.127. The summed E-state index contributed by atoms with van der Waals surface area (Å²) in [5.41, 5.74) is 0.105. The molecule has 1 heterocycles. The summed E-state index contributed by atoms with van der Waals surface area (Å²) < 4.78 is 10.7. The highest BCUT2D eigenvalue weighted by atomic mass is 32.1. The first-order chi connectivity index (χ1) is 20.5. The number of thiazole rings is 1. The van der Waals surface area contributed by atoms with Gasteiger partial charge >= 0.3 is 11.9 Å². The summed E-state index contributed by atoms with van der Waals surface area (Å²) in [5, 5.41) is 10.0. The fourth-order valence-corrected chi connectivity index (χ4v) is 5.12. The van der Waals surface area contributed by atoms with E-state index in [-0.39, 0.29) is 18.0 Å². The van der Waals surface area contributed by atoms with E-state index in [1.165, 1.54) is 25.2 Å². The summed E-state index contributed by atoms with van der Waals surface area (Å²) in [6.07, 6.45) is 0. The number of hydrogen-bond acceptors (Lipinski definition) is 9. The van der Waals surface area contributed by atoms with Crippen molar-refractivity contribution in [2.24, 2.45) is 5.16 Å². The smallest absolute Gasteiger partial charge is 0.362 e. The molecule has 1 aromatic heterocycles. The molecule has 0 aliphatic heterocycles. The molecule has 43 heavy (non-hydrogen) atoms. The molecule has 0 aliphatic rings. The Labute approximate surface area is 256 Å². The summed E-state index contributed by atoms with van der Waals surface area (Å²) >= 11 is 1.31. The van der Waals surface area contributed by atoms with Gasteiger partial charge in [-0.1, -0.05) is 96.2 Å². The molecule has 4 aromatic rings. The first-order valence-corrected chi connectivity index (χ1v) is 14.9. The van der Waals surface area contributed by atoms with Gasteiger partial charge in [-0.3, -0.25) is 0 Å². The number of anilines is 1. The first kappa shape index (κ1) is 31.4. The number of nitrogens with one attached hydrogen (secondary N) is 1. The van der Waals surface area contributed by atoms with Gasteiger partial charge in [-0.2, -0.15) is 0 Å². The van der Waals surface area contributed by atoms with Gasteiger partial charge in [-0.05, 0) is 58.2 Å². The zero-order valence-electron chi connectivity index (χ0n) is 25.3. The molecule has 0 bridgehead atoms. The summed E-state index contributed by atoms with van der Waals surface area (Å²) in [6, 6.07) is 30.4. The highest BCUT2D eigenvalue weighted by Crippen LogP contribution is 2.40. The number of ether oxygens (including phenoxy) is 2. The summed E-state index contributed by atoms with van der Waals surface area (Å²) in [4.78, 5) is 36.1. The Bertz CT molecular complexity index is 1450. The summed E-state index contributed by atoms with van der Waals surface area (Å²) in [6.45, 7) is 10.2. The SMILES string of the molecule is CCOC(=O)/C(=N/OC(C)(C)C(=O)OC(C)(C)C)c1csc(NC(c2ccccc2)(c2ccccc2)c2ccccc2)n1. The van der Waals surface area contributed by atoms with Crippen LogP contribution in [0, 0.1) is 0 Å². The van der Waals surface area contributed by atoms with E-state index in [1.54, 1.807) is 33.1 Å². The van der Waals surface area contributed by atoms with Crippen molar-refractivity contribution in [1.82, 2.24) is 4.98 Å². The fourth-order valence-electron chi connectivity index (χ4n) is 4.37. The second kappa shape index (κ2) is 13.2. The lowest BCUT2D eigenvalue weighted by Crippen LogP contribution is -2.40. The van der Waals surface area contributed by atoms with Gasteiger partial charge in [0.25, 0.3) is 0 Å². The Morgan fingerprint density at radius 1 is 0.814 bits per heavy atom. The lowest BCUT2D eigenvalue weighted by molar-refractivity contribution is -0.179. The molecule has 3 aromatic carbocycles. The molecular formula is C34H37N3O5S. The monoisotopic (exact) mass is 599 g/mol. The van der Waals surface area contributed by atoms with Crippen molar-refractivity contribution < 1.29 is 23.9 Å². The zero-order valence-corrected chi connectivity index (χ0v) is 26.1. The molecular weight excluding hydrogens is 562 g/mol. The summed E-state index contributed by atoms with van der Waals surface area (Å²) in [7, 11) is 0. The van der Waals surface area contributed by atoms with E-state index in [2.05, 4.69) is 46.9 Å². The molecule has 0 radical (unpaired) electrons. The number of benzene rings is 3. The fraction of sp³-hybridized carbons (Fsp3) is 0.294. The lowest BCUT2D eigenvalue weighted by Gasteiger charge is -2.36. The Kier molecular flexibility index (Phi) is 9.66. The third-order valence-corrected chi connectivity index (χ3v) is 7.14. The highest BCUT2D eigenvalue weighted by Gasteiger charge is 2.38. The van der Waals surface area contributed by atoms with Gasteiger partial charge < -0.3 is 19.6 Å². The van der Waals surface area contributed by atoms with Crippen molar-refractivity contribution in [2.75, 3.05) is 11.9 Å². The van der Waals surface area contributed by atoms with Gasteiger partial charge in [0.15, 0.2) is 5.13 Å². The van der Waals surface area contributed by atoms with E-state index in [1.807, 2.05) is 54.6 Å². The van der Waals surface area contributed by atoms with Crippen LogP contribution in [0.4, 0.5) is 5.13 Å². The predicted octanol–water partition coefficient (Wildman–Crippen LogP) is 6.95. The number of oxime groups is 1. The topological polar surface area (TPSA) is 99.1 Å². The van der Waals surface area contributed by atoms with Crippen LogP contribution in [0.1, 0.15) is 63.9 Å². The van der Waals surface area contributed by atoms with Gasteiger partial charge in [0, 0.05) is 5.38 Å². The Morgan fingerprint density at radius 2 is 1.30 bits per heavy atom. The molecule has 224 valence electrons. The molecule has 0 atom stereocenters. The average molecular weight is 600 g/mol. The van der Waals surface area contributed by atoms with Crippen molar-refractivity contribution in [2.45, 2.75) is 58.3 Å². The average Bonchev–Trinajstić information content (AvgIpc) is 3.44. The number of aromatic nitrogens is 1. The lowest BCUT2D eigenvalue weighted by atomic mass is 9.77. The standard InChI is InChI=1S/C34H37N3O5S/c1-7-40-29(38)28(37-42-33(5,6)30(39)41-32(2,3)4)27-23-43-31(35-27)36-34(24-17-11-8-12-18-24,25-19-13-9-14-20-25)26-21-15-10-16-22-26/h8-23H,7H2,1-6H3,(H,35,36)/b37-28+. The van der Waals surface area contributed by atoms with Gasteiger partial charge in [-0.25, -0.2) is 14.6 Å². The number of carbonyl (C=O) groups is 2. The Morgan fingerprint density at radius 3 is 1.74 bits per heavy atom. The maximum absolute atomic E-state index is 13.0. The van der Waals surface area contributed by atoms with Crippen molar-refractivity contribution in [3.8, 4) is 0 Å². The van der Waals surface area contributed by atoms with Gasteiger partial charge in [0.05, 0.1) is 6.61 Å². The van der Waals surface area contributed by atoms with Crippen molar-refractivity contribution in [3.63, 3.8) is 0 Å². The van der Waals surface area contributed by atoms with E-state index >= 15 is 0 Å². The molecule has 0 fully saturated rings. The van der Waals surface area contributed by atoms with E-state index in [0.717, 1.165) is 16.7 Å². The molecule has 0 spiro atoms. The molecule has 1 N–H and O–H groups in total. The minimum atomic E-state index is -1.47. The Balaban J connectivity index is 1.77. The van der Waals surface area contributed by atoms with E-state index in [9.17, 15) is 9.59 Å². The molecule has 0 saturated heterocycles. The quantitative estimate of drug-likeness (QED) is 0.0862. The second-order valence-electron chi connectivity index (χ2n) is 11.3. The molecule has 0 amide bonds. The van der Waals surface area contributed by atoms with Crippen LogP contribution in [-0.2, 0) is 29.4 Å². The van der Waals surface area contributed by atoms with Crippen LogP contribution in [0.3, 0.4) is 0 Å². The molecule has 0 aliphatic carbocycles. The maximum Gasteiger partial charge on any atom is 0.362 e. The van der Waals surface area contributed by atoms with E-state index in [0.29, 0.717) is 5.13 Å². The predicted molar refractivity (Wildman–Crippen MR) is 169 cm³/mol. The zero-order chi connectivity index (χ0) is 31.1. The number of esters is 2.